The van der Waals surface area contributed by atoms with Gasteiger partial charge in [0.25, 0.3) is 5.91 Å². The number of nitrogens with one attached hydrogen (secondary N) is 2. The van der Waals surface area contributed by atoms with Gasteiger partial charge in [0.05, 0.1) is 11.6 Å². The summed E-state index contributed by atoms with van der Waals surface area (Å²) < 4.78 is 13.0. The van der Waals surface area contributed by atoms with Crippen molar-refractivity contribution in [3.8, 4) is 0 Å². The molecule has 2 aromatic rings. The third-order valence-corrected chi connectivity index (χ3v) is 5.43. The Morgan fingerprint density at radius 2 is 2.04 bits per heavy atom. The van der Waals surface area contributed by atoms with Crippen molar-refractivity contribution in [2.75, 3.05) is 11.9 Å². The van der Waals surface area contributed by atoms with Crippen molar-refractivity contribution >= 4 is 28.3 Å². The number of hydrogen-bond acceptors (Lipinski definition) is 4. The van der Waals surface area contributed by atoms with Gasteiger partial charge in [-0.15, -0.1) is 11.3 Å². The highest BCUT2D eigenvalue weighted by Gasteiger charge is 2.32. The Labute approximate surface area is 156 Å². The maximum Gasteiger partial charge on any atom is 0.257 e. The molecule has 0 bridgehead atoms. The van der Waals surface area contributed by atoms with Gasteiger partial charge in [-0.3, -0.25) is 14.9 Å². The number of amides is 2. The van der Waals surface area contributed by atoms with E-state index in [9.17, 15) is 14.0 Å². The zero-order valence-electron chi connectivity index (χ0n) is 14.8. The number of anilines is 1. The second-order valence-corrected chi connectivity index (χ2v) is 7.94. The van der Waals surface area contributed by atoms with E-state index in [1.54, 1.807) is 0 Å². The molecule has 0 fully saturated rings. The van der Waals surface area contributed by atoms with Crippen LogP contribution in [-0.4, -0.2) is 23.3 Å². The van der Waals surface area contributed by atoms with Gasteiger partial charge < -0.3 is 5.32 Å². The van der Waals surface area contributed by atoms with E-state index in [0.29, 0.717) is 23.2 Å². The van der Waals surface area contributed by atoms with Crippen molar-refractivity contribution in [1.82, 2.24) is 10.3 Å². The van der Waals surface area contributed by atoms with E-state index in [0.717, 1.165) is 29.8 Å². The molecule has 138 valence electrons. The van der Waals surface area contributed by atoms with Gasteiger partial charge in [0.15, 0.2) is 5.13 Å². The number of benzene rings is 1. The lowest BCUT2D eigenvalue weighted by Gasteiger charge is -2.11. The molecule has 2 amide bonds. The number of fused-ring (bicyclic) bond motifs is 1. The summed E-state index contributed by atoms with van der Waals surface area (Å²) in [6.07, 6.45) is 2.50. The zero-order valence-corrected chi connectivity index (χ0v) is 15.7. The Hall–Kier alpha value is -2.28. The van der Waals surface area contributed by atoms with Crippen LogP contribution in [0.25, 0.3) is 0 Å². The van der Waals surface area contributed by atoms with Gasteiger partial charge in [-0.05, 0) is 49.4 Å². The van der Waals surface area contributed by atoms with Crippen molar-refractivity contribution < 1.29 is 14.0 Å². The molecule has 0 saturated carbocycles. The van der Waals surface area contributed by atoms with Crippen molar-refractivity contribution in [2.24, 2.45) is 5.92 Å². The quantitative estimate of drug-likeness (QED) is 0.808. The standard InChI is InChI=1S/C19H22FN3O2S/c1-11(2)9-10-21-18(25)14-7-8-15-16(14)22-19(26-15)23-17(24)12-3-5-13(20)6-4-12/h3-6,11,14H,7-10H2,1-2H3,(H,21,25)(H,22,23,24). The van der Waals surface area contributed by atoms with Crippen LogP contribution in [0, 0.1) is 11.7 Å². The Kier molecular flexibility index (Phi) is 5.66. The van der Waals surface area contributed by atoms with E-state index in [1.807, 2.05) is 0 Å². The molecule has 26 heavy (non-hydrogen) atoms. The predicted octanol–water partition coefficient (Wildman–Crippen LogP) is 3.73. The van der Waals surface area contributed by atoms with Crippen LogP contribution >= 0.6 is 11.3 Å². The molecule has 1 aliphatic carbocycles. The molecule has 1 unspecified atom stereocenters. The molecule has 0 aliphatic heterocycles. The monoisotopic (exact) mass is 375 g/mol. The Balaban J connectivity index is 1.64. The van der Waals surface area contributed by atoms with E-state index in [1.165, 1.54) is 35.6 Å². The van der Waals surface area contributed by atoms with Gasteiger partial charge in [-0.2, -0.15) is 0 Å². The molecule has 1 aromatic carbocycles. The smallest absolute Gasteiger partial charge is 0.257 e. The third kappa shape index (κ3) is 4.27. The fourth-order valence-electron chi connectivity index (χ4n) is 2.91. The first-order valence-electron chi connectivity index (χ1n) is 8.78. The van der Waals surface area contributed by atoms with Crippen LogP contribution < -0.4 is 10.6 Å². The number of aryl methyl sites for hydroxylation is 1. The highest BCUT2D eigenvalue weighted by atomic mass is 32.1. The van der Waals surface area contributed by atoms with Gasteiger partial charge in [-0.1, -0.05) is 13.8 Å². The first-order valence-corrected chi connectivity index (χ1v) is 9.60. The van der Waals surface area contributed by atoms with Crippen LogP contribution in [0.5, 0.6) is 0 Å². The predicted molar refractivity (Wildman–Crippen MR) is 100.0 cm³/mol. The summed E-state index contributed by atoms with van der Waals surface area (Å²) in [4.78, 5) is 30.1. The van der Waals surface area contributed by atoms with Gasteiger partial charge in [0, 0.05) is 17.0 Å². The fourth-order valence-corrected chi connectivity index (χ4v) is 3.95. The minimum Gasteiger partial charge on any atom is -0.356 e. The van der Waals surface area contributed by atoms with Crippen LogP contribution in [-0.2, 0) is 11.2 Å². The number of halogens is 1. The van der Waals surface area contributed by atoms with Crippen molar-refractivity contribution in [1.29, 1.82) is 0 Å². The highest BCUT2D eigenvalue weighted by Crippen LogP contribution is 2.38. The van der Waals surface area contributed by atoms with E-state index in [4.69, 9.17) is 0 Å². The van der Waals surface area contributed by atoms with Crippen molar-refractivity contribution in [3.05, 3.63) is 46.2 Å². The number of carbonyl (C=O) groups is 2. The average Bonchev–Trinajstić information content (AvgIpc) is 3.14. The summed E-state index contributed by atoms with van der Waals surface area (Å²) in [6, 6.07) is 5.34. The van der Waals surface area contributed by atoms with Gasteiger partial charge >= 0.3 is 0 Å². The summed E-state index contributed by atoms with van der Waals surface area (Å²) >= 11 is 1.40. The van der Waals surface area contributed by atoms with Crippen molar-refractivity contribution in [2.45, 2.75) is 39.0 Å². The lowest BCUT2D eigenvalue weighted by atomic mass is 10.1. The Morgan fingerprint density at radius 3 is 2.73 bits per heavy atom. The SMILES string of the molecule is CC(C)CCNC(=O)C1CCc2sc(NC(=O)c3ccc(F)cc3)nc21. The summed E-state index contributed by atoms with van der Waals surface area (Å²) in [7, 11) is 0. The summed E-state index contributed by atoms with van der Waals surface area (Å²) in [5.41, 5.74) is 1.14. The van der Waals surface area contributed by atoms with Crippen LogP contribution in [0.15, 0.2) is 24.3 Å². The number of aromatic nitrogens is 1. The average molecular weight is 375 g/mol. The molecule has 1 heterocycles. The van der Waals surface area contributed by atoms with E-state index in [2.05, 4.69) is 29.5 Å². The lowest BCUT2D eigenvalue weighted by Crippen LogP contribution is -2.30. The molecule has 5 nitrogen and oxygen atoms in total. The molecule has 1 aromatic heterocycles. The van der Waals surface area contributed by atoms with Crippen molar-refractivity contribution in [3.63, 3.8) is 0 Å². The normalized spacial score (nSPS) is 15.8. The van der Waals surface area contributed by atoms with Crippen LogP contribution in [0.4, 0.5) is 9.52 Å². The fraction of sp³-hybridized carbons (Fsp3) is 0.421. The molecule has 7 heteroatoms. The third-order valence-electron chi connectivity index (χ3n) is 4.38. The second-order valence-electron chi connectivity index (χ2n) is 6.85. The van der Waals surface area contributed by atoms with Crippen LogP contribution in [0.2, 0.25) is 0 Å². The largest absolute Gasteiger partial charge is 0.356 e. The number of rotatable bonds is 6. The number of hydrogen-bond donors (Lipinski definition) is 2. The first-order chi connectivity index (χ1) is 12.4. The summed E-state index contributed by atoms with van der Waals surface area (Å²) in [5.74, 6) is -0.422. The second kappa shape index (κ2) is 7.95. The van der Waals surface area contributed by atoms with E-state index < -0.39 is 0 Å². The van der Waals surface area contributed by atoms with Crippen LogP contribution in [0.1, 0.15) is 53.5 Å². The van der Waals surface area contributed by atoms with Crippen LogP contribution in [0.3, 0.4) is 0 Å². The minimum atomic E-state index is -0.388. The lowest BCUT2D eigenvalue weighted by molar-refractivity contribution is -0.122. The molecule has 0 radical (unpaired) electrons. The maximum atomic E-state index is 13.0. The topological polar surface area (TPSA) is 71.1 Å². The molecular weight excluding hydrogens is 353 g/mol. The minimum absolute atomic E-state index is 0.00566. The zero-order chi connectivity index (χ0) is 18.7. The molecule has 0 spiro atoms. The first kappa shape index (κ1) is 18.5. The Morgan fingerprint density at radius 1 is 1.31 bits per heavy atom. The molecular formula is C19H22FN3O2S. The number of carbonyl (C=O) groups excluding carboxylic acids is 2. The molecule has 1 aliphatic rings. The summed E-state index contributed by atoms with van der Waals surface area (Å²) in [6.45, 7) is 4.91. The molecule has 0 saturated heterocycles. The number of thiazole rings is 1. The Bertz CT molecular complexity index is 802. The number of nitrogens with zero attached hydrogens (tertiary/aromatic N) is 1. The molecule has 2 N–H and O–H groups in total. The van der Waals surface area contributed by atoms with Gasteiger partial charge in [-0.25, -0.2) is 9.37 Å². The van der Waals surface area contributed by atoms with Gasteiger partial charge in [0.2, 0.25) is 5.91 Å². The molecule has 1 atom stereocenters. The van der Waals surface area contributed by atoms with Gasteiger partial charge in [0.1, 0.15) is 5.82 Å². The van der Waals surface area contributed by atoms with E-state index in [-0.39, 0.29) is 23.5 Å². The van der Waals surface area contributed by atoms with E-state index >= 15 is 0 Å². The molecule has 3 rings (SSSR count). The highest BCUT2D eigenvalue weighted by molar-refractivity contribution is 7.16. The maximum absolute atomic E-state index is 13.0. The summed E-state index contributed by atoms with van der Waals surface area (Å²) in [5, 5.41) is 6.20.